The first-order valence-corrected chi connectivity index (χ1v) is 9.16. The average molecular weight is 420 g/mol. The second-order valence-corrected chi connectivity index (χ2v) is 7.89. The van der Waals surface area contributed by atoms with Gasteiger partial charge in [-0.1, -0.05) is 18.2 Å². The Morgan fingerprint density at radius 1 is 1.04 bits per heavy atom. The Morgan fingerprint density at radius 3 is 2.19 bits per heavy atom. The Bertz CT molecular complexity index is 955. The molecule has 0 unspecified atom stereocenters. The summed E-state index contributed by atoms with van der Waals surface area (Å²) < 4.78 is 25.3. The van der Waals surface area contributed by atoms with Crippen LogP contribution in [-0.2, 0) is 16.4 Å². The summed E-state index contributed by atoms with van der Waals surface area (Å²) in [5.74, 6) is 0. The van der Waals surface area contributed by atoms with Crippen LogP contribution >= 0.6 is 24.8 Å². The van der Waals surface area contributed by atoms with Gasteiger partial charge in [0.05, 0.1) is 16.3 Å². The van der Waals surface area contributed by atoms with Crippen molar-refractivity contribution in [2.24, 2.45) is 0 Å². The number of aromatic nitrogens is 2. The molecule has 2 heterocycles. The molecule has 0 aliphatic heterocycles. The topological polar surface area (TPSA) is 86.2 Å². The van der Waals surface area contributed by atoms with Crippen molar-refractivity contribution in [1.82, 2.24) is 14.3 Å². The molecule has 0 spiro atoms. The molecular weight excluding hydrogens is 397 g/mol. The number of sulfone groups is 1. The van der Waals surface area contributed by atoms with Crippen molar-refractivity contribution >= 4 is 40.3 Å². The number of fused-ring (bicyclic) bond motifs is 1. The number of hydrogen-bond donors (Lipinski definition) is 0. The summed E-state index contributed by atoms with van der Waals surface area (Å²) in [5, 5.41) is 0. The highest BCUT2D eigenvalue weighted by Gasteiger charge is 2.15. The van der Waals surface area contributed by atoms with Crippen molar-refractivity contribution in [3.8, 4) is 11.3 Å². The van der Waals surface area contributed by atoms with Crippen LogP contribution in [0.2, 0.25) is 0 Å². The van der Waals surface area contributed by atoms with E-state index in [-0.39, 0.29) is 30.3 Å². The normalized spacial score (nSPS) is 10.8. The van der Waals surface area contributed by atoms with E-state index in [2.05, 4.69) is 9.30 Å². The van der Waals surface area contributed by atoms with Crippen LogP contribution in [0.4, 0.5) is 0 Å². The average Bonchev–Trinajstić information content (AvgIpc) is 2.85. The predicted molar refractivity (Wildman–Crippen MR) is 109 cm³/mol. The SMILES string of the molecule is CN(C)Cc1c(-c2ccc(S(C)(=O)=O)cc2)nc2ccccn12.Cl.Cl.O. The molecule has 9 heteroatoms. The Balaban J connectivity index is 0.00000208. The Morgan fingerprint density at radius 2 is 1.65 bits per heavy atom. The van der Waals surface area contributed by atoms with Gasteiger partial charge in [0.1, 0.15) is 5.65 Å². The summed E-state index contributed by atoms with van der Waals surface area (Å²) >= 11 is 0. The first kappa shape index (κ1) is 24.4. The van der Waals surface area contributed by atoms with Gasteiger partial charge in [0.15, 0.2) is 9.84 Å². The quantitative estimate of drug-likeness (QED) is 0.649. The van der Waals surface area contributed by atoms with E-state index >= 15 is 0 Å². The maximum Gasteiger partial charge on any atom is 0.175 e. The standard InChI is InChI=1S/C17H19N3O2S.2ClH.H2O/c1-19(2)12-15-17(18-16-6-4-5-11-20(15)16)13-7-9-14(10-8-13)23(3,21)22;;;/h4-11H,12H2,1-3H3;2*1H;1H2. The lowest BCUT2D eigenvalue weighted by Gasteiger charge is -2.11. The van der Waals surface area contributed by atoms with E-state index in [0.717, 1.165) is 29.1 Å². The van der Waals surface area contributed by atoms with Crippen molar-refractivity contribution in [2.45, 2.75) is 11.4 Å². The van der Waals surface area contributed by atoms with Crippen molar-refractivity contribution in [3.63, 3.8) is 0 Å². The van der Waals surface area contributed by atoms with E-state index in [9.17, 15) is 8.42 Å². The van der Waals surface area contributed by atoms with Crippen molar-refractivity contribution in [3.05, 3.63) is 54.4 Å². The molecule has 0 atom stereocenters. The molecular formula is C17H23Cl2N3O3S. The second kappa shape index (κ2) is 9.34. The first-order chi connectivity index (χ1) is 10.9. The molecule has 2 aromatic heterocycles. The lowest BCUT2D eigenvalue weighted by Crippen LogP contribution is -2.13. The van der Waals surface area contributed by atoms with Crippen LogP contribution in [-0.4, -0.2) is 48.5 Å². The molecule has 0 amide bonds. The maximum atomic E-state index is 11.6. The van der Waals surface area contributed by atoms with Gasteiger partial charge < -0.3 is 14.8 Å². The third-order valence-corrected chi connectivity index (χ3v) is 4.78. The van der Waals surface area contributed by atoms with Crippen molar-refractivity contribution in [1.29, 1.82) is 0 Å². The first-order valence-electron chi connectivity index (χ1n) is 7.27. The number of pyridine rings is 1. The molecule has 144 valence electrons. The molecule has 0 saturated carbocycles. The van der Waals surface area contributed by atoms with Crippen molar-refractivity contribution < 1.29 is 13.9 Å². The van der Waals surface area contributed by atoms with E-state index < -0.39 is 9.84 Å². The summed E-state index contributed by atoms with van der Waals surface area (Å²) in [6.07, 6.45) is 3.21. The smallest absolute Gasteiger partial charge is 0.175 e. The minimum absolute atomic E-state index is 0. The highest BCUT2D eigenvalue weighted by molar-refractivity contribution is 7.90. The monoisotopic (exact) mass is 419 g/mol. The molecule has 0 fully saturated rings. The van der Waals surface area contributed by atoms with Gasteiger partial charge in [-0.05, 0) is 38.4 Å². The zero-order valence-corrected chi connectivity index (χ0v) is 17.2. The lowest BCUT2D eigenvalue weighted by molar-refractivity contribution is 0.396. The summed E-state index contributed by atoms with van der Waals surface area (Å²) in [5.41, 5.74) is 3.76. The molecule has 0 bridgehead atoms. The highest BCUT2D eigenvalue weighted by Crippen LogP contribution is 2.26. The number of nitrogens with zero attached hydrogens (tertiary/aromatic N) is 3. The number of imidazole rings is 1. The summed E-state index contributed by atoms with van der Waals surface area (Å²) in [4.78, 5) is 7.12. The van der Waals surface area contributed by atoms with E-state index in [1.54, 1.807) is 12.1 Å². The molecule has 2 N–H and O–H groups in total. The molecule has 0 radical (unpaired) electrons. The van der Waals surface area contributed by atoms with Crippen LogP contribution < -0.4 is 0 Å². The third-order valence-electron chi connectivity index (χ3n) is 3.65. The number of rotatable bonds is 4. The number of hydrogen-bond acceptors (Lipinski definition) is 4. The maximum absolute atomic E-state index is 11.6. The second-order valence-electron chi connectivity index (χ2n) is 5.87. The van der Waals surface area contributed by atoms with Gasteiger partial charge in [-0.2, -0.15) is 0 Å². The predicted octanol–water partition coefficient (Wildman–Crippen LogP) is 2.49. The van der Waals surface area contributed by atoms with Gasteiger partial charge in [-0.15, -0.1) is 24.8 Å². The minimum Gasteiger partial charge on any atom is -0.412 e. The van der Waals surface area contributed by atoms with Crippen LogP contribution in [0.1, 0.15) is 5.69 Å². The van der Waals surface area contributed by atoms with Gasteiger partial charge in [-0.25, -0.2) is 13.4 Å². The Labute approximate surface area is 165 Å². The van der Waals surface area contributed by atoms with E-state index in [1.807, 2.05) is 50.6 Å². The zero-order chi connectivity index (χ0) is 16.6. The van der Waals surface area contributed by atoms with Crippen LogP contribution in [0.25, 0.3) is 16.9 Å². The fourth-order valence-corrected chi connectivity index (χ4v) is 3.22. The molecule has 6 nitrogen and oxygen atoms in total. The Kier molecular flexibility index (Phi) is 8.75. The molecule has 3 rings (SSSR count). The number of halogens is 2. The van der Waals surface area contributed by atoms with Gasteiger partial charge in [0, 0.05) is 24.6 Å². The minimum atomic E-state index is -3.19. The lowest BCUT2D eigenvalue weighted by atomic mass is 10.1. The Hall–Kier alpha value is -1.64. The fourth-order valence-electron chi connectivity index (χ4n) is 2.59. The van der Waals surface area contributed by atoms with Crippen LogP contribution in [0.3, 0.4) is 0 Å². The fraction of sp³-hybridized carbons (Fsp3) is 0.235. The highest BCUT2D eigenvalue weighted by atomic mass is 35.5. The zero-order valence-electron chi connectivity index (χ0n) is 14.7. The molecule has 0 saturated heterocycles. The third kappa shape index (κ3) is 4.96. The summed E-state index contributed by atoms with van der Waals surface area (Å²) in [6.45, 7) is 0.744. The van der Waals surface area contributed by atoms with E-state index in [4.69, 9.17) is 4.98 Å². The number of benzene rings is 1. The van der Waals surface area contributed by atoms with Gasteiger partial charge in [-0.3, -0.25) is 0 Å². The van der Waals surface area contributed by atoms with Gasteiger partial charge >= 0.3 is 0 Å². The van der Waals surface area contributed by atoms with Crippen LogP contribution in [0.5, 0.6) is 0 Å². The van der Waals surface area contributed by atoms with Crippen LogP contribution in [0, 0.1) is 0 Å². The molecule has 26 heavy (non-hydrogen) atoms. The van der Waals surface area contributed by atoms with Crippen LogP contribution in [0.15, 0.2) is 53.6 Å². The summed E-state index contributed by atoms with van der Waals surface area (Å²) in [6, 6.07) is 12.8. The van der Waals surface area contributed by atoms with E-state index in [1.165, 1.54) is 6.26 Å². The largest absolute Gasteiger partial charge is 0.412 e. The molecule has 0 aliphatic carbocycles. The van der Waals surface area contributed by atoms with Gasteiger partial charge in [0.25, 0.3) is 0 Å². The summed E-state index contributed by atoms with van der Waals surface area (Å²) in [7, 11) is 0.836. The van der Waals surface area contributed by atoms with Gasteiger partial charge in [0.2, 0.25) is 0 Å². The van der Waals surface area contributed by atoms with Crippen molar-refractivity contribution in [2.75, 3.05) is 20.4 Å². The molecule has 1 aromatic carbocycles. The molecule has 3 aromatic rings. The molecule has 0 aliphatic rings. The van der Waals surface area contributed by atoms with E-state index in [0.29, 0.717) is 4.90 Å².